The Morgan fingerprint density at radius 1 is 1.00 bits per heavy atom. The predicted octanol–water partition coefficient (Wildman–Crippen LogP) is -0.00740. The van der Waals surface area contributed by atoms with E-state index in [-0.39, 0.29) is 98.9 Å². The largest absolute Gasteiger partial charge is 3.00 e. The molecule has 0 atom stereocenters. The summed E-state index contributed by atoms with van der Waals surface area (Å²) in [5.41, 5.74) is 0. The third-order valence-electron chi connectivity index (χ3n) is 0. The molecular formula is CdSTbZn+5. The molecule has 0 unspecified atom stereocenters. The maximum absolute atomic E-state index is 0. The topological polar surface area (TPSA) is 0 Å². The minimum absolute atomic E-state index is 0. The van der Waals surface area contributed by atoms with Crippen molar-refractivity contribution >= 4 is 13.5 Å². The second-order valence-electron chi connectivity index (χ2n) is 0. The number of hydrogen-bond donors (Lipinski definition) is 0. The van der Waals surface area contributed by atoms with Gasteiger partial charge in [-0.2, -0.15) is 0 Å². The van der Waals surface area contributed by atoms with Crippen molar-refractivity contribution in [1.82, 2.24) is 0 Å². The van der Waals surface area contributed by atoms with Crippen molar-refractivity contribution in [1.29, 1.82) is 0 Å². The molecule has 0 rings (SSSR count). The number of rotatable bonds is 0. The van der Waals surface area contributed by atoms with Gasteiger partial charge in [-0.05, 0) is 0 Å². The quantitative estimate of drug-likeness (QED) is 0.528. The van der Waals surface area contributed by atoms with Crippen LogP contribution in [-0.2, 0) is 60.3 Å². The minimum Gasteiger partial charge on any atom is -2.00 e. The maximum atomic E-state index is 0. The minimum atomic E-state index is 0. The molecule has 0 aromatic heterocycles. The van der Waals surface area contributed by atoms with Gasteiger partial charge in [0.05, 0.1) is 0 Å². The average Bonchev–Trinajstić information content (AvgIpc) is 0. The van der Waals surface area contributed by atoms with Gasteiger partial charge < -0.3 is 13.5 Å². The first-order chi connectivity index (χ1) is 0. The van der Waals surface area contributed by atoms with Crippen LogP contribution in [0.2, 0.25) is 0 Å². The van der Waals surface area contributed by atoms with Gasteiger partial charge in [0.25, 0.3) is 0 Å². The molecule has 14 valence electrons. The van der Waals surface area contributed by atoms with E-state index < -0.39 is 0 Å². The molecule has 0 aromatic rings. The van der Waals surface area contributed by atoms with Crippen LogP contribution >= 0.6 is 0 Å². The molecule has 0 bridgehead atoms. The first kappa shape index (κ1) is 27.1. The second kappa shape index (κ2) is 16.4. The van der Waals surface area contributed by atoms with Crippen molar-refractivity contribution < 1.29 is 85.4 Å². The molecule has 0 spiro atoms. The summed E-state index contributed by atoms with van der Waals surface area (Å²) in [6, 6.07) is 0. The molecule has 0 aliphatic carbocycles. The van der Waals surface area contributed by atoms with Gasteiger partial charge in [-0.15, -0.1) is 0 Å². The Bertz CT molecular complexity index is 8.00. The summed E-state index contributed by atoms with van der Waals surface area (Å²) < 4.78 is 0. The Kier molecular flexibility index (Phi) is 111. The van der Waals surface area contributed by atoms with Crippen molar-refractivity contribution in [3.63, 3.8) is 0 Å². The molecule has 4 heteroatoms. The molecule has 0 aliphatic rings. The van der Waals surface area contributed by atoms with Gasteiger partial charge in [-0.1, -0.05) is 0 Å². The normalized spacial score (nSPS) is 0. The first-order valence-electron chi connectivity index (χ1n) is 0. The van der Waals surface area contributed by atoms with Gasteiger partial charge in [0.1, 0.15) is 0 Å². The zero-order chi connectivity index (χ0) is 0. The van der Waals surface area contributed by atoms with Crippen molar-refractivity contribution in [2.45, 2.75) is 0 Å². The molecule has 0 saturated heterocycles. The van der Waals surface area contributed by atoms with Crippen molar-refractivity contribution in [2.75, 3.05) is 0 Å². The Hall–Kier alpha value is 3.18. The van der Waals surface area contributed by atoms with E-state index in [9.17, 15) is 0 Å². The molecule has 0 fully saturated rings. The molecule has 0 aromatic carbocycles. The van der Waals surface area contributed by atoms with E-state index in [0.29, 0.717) is 0 Å². The van der Waals surface area contributed by atoms with Crippen molar-refractivity contribution in [2.24, 2.45) is 0 Å². The first-order valence-corrected chi connectivity index (χ1v) is 0. The van der Waals surface area contributed by atoms with Crippen LogP contribution in [0.5, 0.6) is 0 Å². The summed E-state index contributed by atoms with van der Waals surface area (Å²) in [7, 11) is 0. The Morgan fingerprint density at radius 2 is 1.00 bits per heavy atom. The van der Waals surface area contributed by atoms with Gasteiger partial charge in [0.2, 0.25) is 0 Å². The fraction of sp³-hybridized carbons (Fsp3) is 0. The molecule has 0 radical (unpaired) electrons. The molecule has 0 amide bonds. The van der Waals surface area contributed by atoms with Gasteiger partial charge in [-0.25, -0.2) is 0 Å². The van der Waals surface area contributed by atoms with Crippen molar-refractivity contribution in [3.8, 4) is 0 Å². The predicted molar refractivity (Wildman–Crippen MR) is 7.37 cm³/mol. The summed E-state index contributed by atoms with van der Waals surface area (Å²) in [6.07, 6.45) is 0. The summed E-state index contributed by atoms with van der Waals surface area (Å²) in [5, 5.41) is 0. The van der Waals surface area contributed by atoms with E-state index in [0.717, 1.165) is 0 Å². The van der Waals surface area contributed by atoms with Crippen LogP contribution in [-0.4, -0.2) is 0 Å². The number of hydrogen-bond acceptors (Lipinski definition) is 0. The van der Waals surface area contributed by atoms with Crippen LogP contribution in [0.15, 0.2) is 0 Å². The summed E-state index contributed by atoms with van der Waals surface area (Å²) >= 11 is 0. The summed E-state index contributed by atoms with van der Waals surface area (Å²) in [6.45, 7) is 0. The molecule has 0 saturated carbocycles. The fourth-order valence-corrected chi connectivity index (χ4v) is 0. The van der Waals surface area contributed by atoms with Gasteiger partial charge in [-0.3, -0.25) is 0 Å². The Morgan fingerprint density at radius 3 is 1.00 bits per heavy atom. The van der Waals surface area contributed by atoms with E-state index >= 15 is 0 Å². The zero-order valence-electron chi connectivity index (χ0n) is 2.16. The molecular weight excluding hydrogens is 369 g/mol. The van der Waals surface area contributed by atoms with Crippen LogP contribution in [0, 0.1) is 38.6 Å². The van der Waals surface area contributed by atoms with E-state index in [1.807, 2.05) is 0 Å². The SMILES string of the molecule is [Cd+2].[S-2].[Tb+3].[Zn+2]. The Balaban J connectivity index is 0. The molecule has 0 heterocycles. The molecule has 0 nitrogen and oxygen atoms in total. The van der Waals surface area contributed by atoms with Crippen LogP contribution in [0.3, 0.4) is 0 Å². The molecule has 0 N–H and O–H groups in total. The zero-order valence-corrected chi connectivity index (χ0v) is 12.1. The van der Waals surface area contributed by atoms with Gasteiger partial charge in [0, 0.05) is 0 Å². The summed E-state index contributed by atoms with van der Waals surface area (Å²) in [5.74, 6) is 0. The van der Waals surface area contributed by atoms with Gasteiger partial charge in [0.15, 0.2) is 0 Å². The van der Waals surface area contributed by atoms with E-state index in [1.165, 1.54) is 0 Å². The third-order valence-corrected chi connectivity index (χ3v) is 0. The van der Waals surface area contributed by atoms with Crippen LogP contribution in [0.4, 0.5) is 0 Å². The van der Waals surface area contributed by atoms with Crippen LogP contribution in [0.25, 0.3) is 0 Å². The van der Waals surface area contributed by atoms with Crippen LogP contribution in [0.1, 0.15) is 0 Å². The van der Waals surface area contributed by atoms with E-state index in [4.69, 9.17) is 0 Å². The second-order valence-corrected chi connectivity index (χ2v) is 0. The smallest absolute Gasteiger partial charge is 2.00 e. The fourth-order valence-electron chi connectivity index (χ4n) is 0. The molecule has 4 heavy (non-hydrogen) atoms. The van der Waals surface area contributed by atoms with Gasteiger partial charge >= 0.3 is 85.4 Å². The van der Waals surface area contributed by atoms with Crippen LogP contribution < -0.4 is 0 Å². The Labute approximate surface area is 96.7 Å². The van der Waals surface area contributed by atoms with E-state index in [2.05, 4.69) is 0 Å². The third kappa shape index (κ3) is 8.95. The standard InChI is InChI=1S/Cd.S.Tb.Zn/q+2;-2;+3;+2. The maximum Gasteiger partial charge on any atom is 3.00 e. The average molecular weight is 369 g/mol. The molecule has 0 aliphatic heterocycles. The van der Waals surface area contributed by atoms with E-state index in [1.54, 1.807) is 0 Å². The van der Waals surface area contributed by atoms with Crippen molar-refractivity contribution in [3.05, 3.63) is 0 Å². The monoisotopic (exact) mass is 369 g/mol. The summed E-state index contributed by atoms with van der Waals surface area (Å²) in [4.78, 5) is 0.